The van der Waals surface area contributed by atoms with Crippen molar-refractivity contribution in [2.45, 2.75) is 6.10 Å². The lowest BCUT2D eigenvalue weighted by Crippen LogP contribution is -2.27. The maximum atomic E-state index is 12.0. The molecule has 0 saturated carbocycles. The zero-order chi connectivity index (χ0) is 16.0. The van der Waals surface area contributed by atoms with Crippen LogP contribution in [0, 0.1) is 0 Å². The molecule has 0 spiro atoms. The van der Waals surface area contributed by atoms with Crippen molar-refractivity contribution >= 4 is 39.0 Å². The molecule has 1 N–H and O–H groups in total. The Bertz CT molecular complexity index is 726. The molecule has 2 aromatic rings. The van der Waals surface area contributed by atoms with Gasteiger partial charge in [-0.3, -0.25) is 0 Å². The van der Waals surface area contributed by atoms with Crippen LogP contribution in [-0.2, 0) is 14.8 Å². The predicted molar refractivity (Wildman–Crippen MR) is 91.5 cm³/mol. The van der Waals surface area contributed by atoms with Crippen LogP contribution < -0.4 is 4.72 Å². The molecule has 0 fully saturated rings. The number of halogens is 1. The number of ether oxygens (including phenoxy) is 1. The maximum Gasteiger partial charge on any atom is 0.233 e. The van der Waals surface area contributed by atoms with Crippen LogP contribution in [-0.4, -0.2) is 22.1 Å². The van der Waals surface area contributed by atoms with Gasteiger partial charge in [-0.15, -0.1) is 11.3 Å². The highest BCUT2D eigenvalue weighted by molar-refractivity contribution is 7.92. The quantitative estimate of drug-likeness (QED) is 0.822. The SMILES string of the molecule is COC(CNS(=O)(=O)/C=C/c1ccccc1)c1ccc(Cl)s1. The molecule has 4 nitrogen and oxygen atoms in total. The van der Waals surface area contributed by atoms with E-state index in [2.05, 4.69) is 4.72 Å². The first-order chi connectivity index (χ1) is 10.5. The van der Waals surface area contributed by atoms with Crippen LogP contribution in [0.25, 0.3) is 6.08 Å². The van der Waals surface area contributed by atoms with Crippen molar-refractivity contribution in [2.75, 3.05) is 13.7 Å². The highest BCUT2D eigenvalue weighted by atomic mass is 35.5. The summed E-state index contributed by atoms with van der Waals surface area (Å²) >= 11 is 7.25. The van der Waals surface area contributed by atoms with Gasteiger partial charge in [0.2, 0.25) is 10.0 Å². The molecule has 0 radical (unpaired) electrons. The molecule has 1 heterocycles. The van der Waals surface area contributed by atoms with E-state index in [1.54, 1.807) is 12.1 Å². The average molecular weight is 358 g/mol. The molecule has 22 heavy (non-hydrogen) atoms. The molecule has 1 aromatic carbocycles. The van der Waals surface area contributed by atoms with E-state index in [4.69, 9.17) is 16.3 Å². The Labute approximate surface area is 139 Å². The Kier molecular flexibility index (Phi) is 6.16. The van der Waals surface area contributed by atoms with Crippen molar-refractivity contribution in [3.63, 3.8) is 0 Å². The fourth-order valence-corrected chi connectivity index (χ4v) is 3.73. The zero-order valence-electron chi connectivity index (χ0n) is 11.9. The zero-order valence-corrected chi connectivity index (χ0v) is 14.3. The Morgan fingerprint density at radius 2 is 2.00 bits per heavy atom. The Morgan fingerprint density at radius 1 is 1.27 bits per heavy atom. The van der Waals surface area contributed by atoms with Gasteiger partial charge in [0.25, 0.3) is 0 Å². The van der Waals surface area contributed by atoms with Gasteiger partial charge in [-0.25, -0.2) is 13.1 Å². The molecule has 2 rings (SSSR count). The van der Waals surface area contributed by atoms with Crippen molar-refractivity contribution < 1.29 is 13.2 Å². The summed E-state index contributed by atoms with van der Waals surface area (Å²) in [5, 5.41) is 1.15. The van der Waals surface area contributed by atoms with E-state index in [0.29, 0.717) is 4.34 Å². The number of sulfonamides is 1. The number of hydrogen-bond acceptors (Lipinski definition) is 4. The first-order valence-corrected chi connectivity index (χ1v) is 9.25. The van der Waals surface area contributed by atoms with Gasteiger partial charge in [0, 0.05) is 23.9 Å². The van der Waals surface area contributed by atoms with E-state index in [1.165, 1.54) is 18.4 Å². The van der Waals surface area contributed by atoms with Crippen LogP contribution in [0.2, 0.25) is 4.34 Å². The number of thiophene rings is 1. The first-order valence-electron chi connectivity index (χ1n) is 6.51. The molecule has 0 aliphatic carbocycles. The smallest absolute Gasteiger partial charge is 0.233 e. The fourth-order valence-electron chi connectivity index (χ4n) is 1.77. The topological polar surface area (TPSA) is 55.4 Å². The third-order valence-corrected chi connectivity index (χ3v) is 5.29. The second-order valence-electron chi connectivity index (χ2n) is 4.47. The van der Waals surface area contributed by atoms with Crippen LogP contribution in [0.15, 0.2) is 47.9 Å². The summed E-state index contributed by atoms with van der Waals surface area (Å²) in [6.07, 6.45) is 1.18. The summed E-state index contributed by atoms with van der Waals surface area (Å²) in [6, 6.07) is 12.8. The molecule has 1 aromatic heterocycles. The van der Waals surface area contributed by atoms with Crippen molar-refractivity contribution in [1.29, 1.82) is 0 Å². The number of methoxy groups -OCH3 is 1. The van der Waals surface area contributed by atoms with Gasteiger partial charge < -0.3 is 4.74 Å². The van der Waals surface area contributed by atoms with Gasteiger partial charge in [-0.05, 0) is 23.8 Å². The van der Waals surface area contributed by atoms with E-state index in [9.17, 15) is 8.42 Å². The minimum Gasteiger partial charge on any atom is -0.375 e. The third kappa shape index (κ3) is 5.23. The van der Waals surface area contributed by atoms with E-state index in [0.717, 1.165) is 15.8 Å². The van der Waals surface area contributed by atoms with Crippen molar-refractivity contribution in [3.8, 4) is 0 Å². The molecule has 0 bridgehead atoms. The highest BCUT2D eigenvalue weighted by Crippen LogP contribution is 2.28. The van der Waals surface area contributed by atoms with Crippen molar-refractivity contribution in [2.24, 2.45) is 0 Å². The van der Waals surface area contributed by atoms with E-state index in [1.807, 2.05) is 36.4 Å². The van der Waals surface area contributed by atoms with Gasteiger partial charge in [-0.1, -0.05) is 41.9 Å². The molecule has 0 aliphatic heterocycles. The summed E-state index contributed by atoms with van der Waals surface area (Å²) in [5.41, 5.74) is 0.821. The lowest BCUT2D eigenvalue weighted by molar-refractivity contribution is 0.110. The van der Waals surface area contributed by atoms with Gasteiger partial charge in [0.1, 0.15) is 6.10 Å². The molecule has 7 heteroatoms. The van der Waals surface area contributed by atoms with Gasteiger partial charge in [-0.2, -0.15) is 0 Å². The van der Waals surface area contributed by atoms with Crippen LogP contribution in [0.3, 0.4) is 0 Å². The predicted octanol–water partition coefficient (Wildman–Crippen LogP) is 3.68. The largest absolute Gasteiger partial charge is 0.375 e. The Hall–Kier alpha value is -1.18. The average Bonchev–Trinajstić information content (AvgIpc) is 2.93. The summed E-state index contributed by atoms with van der Waals surface area (Å²) in [4.78, 5) is 0.877. The number of rotatable bonds is 7. The summed E-state index contributed by atoms with van der Waals surface area (Å²) in [7, 11) is -1.99. The minimum atomic E-state index is -3.53. The van der Waals surface area contributed by atoms with Gasteiger partial charge >= 0.3 is 0 Å². The summed E-state index contributed by atoms with van der Waals surface area (Å²) in [5.74, 6) is 0. The maximum absolute atomic E-state index is 12.0. The van der Waals surface area contributed by atoms with E-state index < -0.39 is 10.0 Å². The highest BCUT2D eigenvalue weighted by Gasteiger charge is 2.15. The van der Waals surface area contributed by atoms with E-state index in [-0.39, 0.29) is 12.6 Å². The standard InChI is InChI=1S/C15H16ClNO3S2/c1-20-13(14-7-8-15(16)21-14)11-17-22(18,19)10-9-12-5-3-2-4-6-12/h2-10,13,17H,11H2,1H3/b10-9+. The normalized spacial score (nSPS) is 13.5. The lowest BCUT2D eigenvalue weighted by atomic mass is 10.2. The van der Waals surface area contributed by atoms with Crippen LogP contribution in [0.5, 0.6) is 0 Å². The fraction of sp³-hybridized carbons (Fsp3) is 0.200. The van der Waals surface area contributed by atoms with Crippen molar-refractivity contribution in [1.82, 2.24) is 4.72 Å². The van der Waals surface area contributed by atoms with Gasteiger partial charge in [0.05, 0.1) is 4.34 Å². The minimum absolute atomic E-state index is 0.148. The number of hydrogen-bond donors (Lipinski definition) is 1. The van der Waals surface area contributed by atoms with Crippen LogP contribution in [0.1, 0.15) is 16.5 Å². The summed E-state index contributed by atoms with van der Waals surface area (Å²) < 4.78 is 32.4. The molecule has 0 aliphatic rings. The molecule has 1 unspecified atom stereocenters. The van der Waals surface area contributed by atoms with E-state index >= 15 is 0 Å². The van der Waals surface area contributed by atoms with Crippen molar-refractivity contribution in [3.05, 3.63) is 62.6 Å². The summed E-state index contributed by atoms with van der Waals surface area (Å²) in [6.45, 7) is 0.148. The number of benzene rings is 1. The molecule has 0 amide bonds. The number of nitrogens with one attached hydrogen (secondary N) is 1. The molecule has 118 valence electrons. The molecule has 0 saturated heterocycles. The molecular formula is C15H16ClNO3S2. The second kappa shape index (κ2) is 7.89. The third-order valence-electron chi connectivity index (χ3n) is 2.90. The first kappa shape index (κ1) is 17.2. The lowest BCUT2D eigenvalue weighted by Gasteiger charge is -2.13. The Morgan fingerprint density at radius 3 is 2.59 bits per heavy atom. The monoisotopic (exact) mass is 357 g/mol. The molecule has 1 atom stereocenters. The second-order valence-corrected chi connectivity index (χ2v) is 7.87. The van der Waals surface area contributed by atoms with Crippen LogP contribution >= 0.6 is 22.9 Å². The molecular weight excluding hydrogens is 342 g/mol. The van der Waals surface area contributed by atoms with Gasteiger partial charge in [0.15, 0.2) is 0 Å². The Balaban J connectivity index is 1.98. The van der Waals surface area contributed by atoms with Crippen LogP contribution in [0.4, 0.5) is 0 Å².